The average Bonchev–Trinajstić information content (AvgIpc) is 3.30. The van der Waals surface area contributed by atoms with Crippen LogP contribution in [0.3, 0.4) is 0 Å². The van der Waals surface area contributed by atoms with Gasteiger partial charge in [0, 0.05) is 23.5 Å². The van der Waals surface area contributed by atoms with E-state index in [1.807, 2.05) is 0 Å². The average molecular weight is 368 g/mol. The first-order chi connectivity index (χ1) is 13.0. The van der Waals surface area contributed by atoms with Crippen molar-refractivity contribution in [1.82, 2.24) is 0 Å². The maximum Gasteiger partial charge on any atom is 0.306 e. The Balaban J connectivity index is 1.42. The molecular formula is C24H33NO2. The van der Waals surface area contributed by atoms with E-state index in [0.717, 1.165) is 48.1 Å². The zero-order valence-electron chi connectivity index (χ0n) is 16.8. The third-order valence-corrected chi connectivity index (χ3v) is 10.1. The molecule has 1 spiro atoms. The summed E-state index contributed by atoms with van der Waals surface area (Å²) in [6, 6.07) is 0. The molecule has 0 aromatic heterocycles. The predicted octanol–water partition coefficient (Wildman–Crippen LogP) is 5.15. The van der Waals surface area contributed by atoms with E-state index in [-0.39, 0.29) is 17.0 Å². The quantitative estimate of drug-likeness (QED) is 0.652. The van der Waals surface area contributed by atoms with Crippen LogP contribution in [0.4, 0.5) is 0 Å². The Morgan fingerprint density at radius 1 is 1.22 bits per heavy atom. The Kier molecular flexibility index (Phi) is 3.28. The van der Waals surface area contributed by atoms with Gasteiger partial charge in [0.05, 0.1) is 0 Å². The second-order valence-corrected chi connectivity index (χ2v) is 10.8. The lowest BCUT2D eigenvalue weighted by Crippen LogP contribution is -2.57. The van der Waals surface area contributed by atoms with Crippen LogP contribution < -0.4 is 0 Å². The fraction of sp³-hybridized carbons (Fsp3) is 0.833. The Morgan fingerprint density at radius 2 is 2.07 bits per heavy atom. The highest BCUT2D eigenvalue weighted by atomic mass is 16.6. The molecule has 5 aliphatic carbocycles. The number of allylic oxidation sites excluding steroid dienone is 2. The summed E-state index contributed by atoms with van der Waals surface area (Å²) in [7, 11) is 0. The lowest BCUT2D eigenvalue weighted by molar-refractivity contribution is -0.181. The van der Waals surface area contributed by atoms with Crippen LogP contribution in [0.15, 0.2) is 11.6 Å². The Labute approximate surface area is 162 Å². The van der Waals surface area contributed by atoms with Gasteiger partial charge in [0.1, 0.15) is 5.60 Å². The first-order valence-electron chi connectivity index (χ1n) is 11.5. The summed E-state index contributed by atoms with van der Waals surface area (Å²) in [6.07, 6.45) is 12.3. The fourth-order valence-corrected chi connectivity index (χ4v) is 9.39. The van der Waals surface area contributed by atoms with Crippen molar-refractivity contribution in [3.8, 4) is 0 Å². The lowest BCUT2D eigenvalue weighted by Gasteiger charge is -2.60. The van der Waals surface area contributed by atoms with E-state index in [9.17, 15) is 4.79 Å². The minimum absolute atomic E-state index is 0.0731. The molecule has 146 valence electrons. The van der Waals surface area contributed by atoms with Gasteiger partial charge < -0.3 is 10.1 Å². The summed E-state index contributed by atoms with van der Waals surface area (Å²) >= 11 is 0. The van der Waals surface area contributed by atoms with Gasteiger partial charge in [-0.25, -0.2) is 0 Å². The molecule has 6 unspecified atom stereocenters. The summed E-state index contributed by atoms with van der Waals surface area (Å²) in [6.45, 7) is 4.87. The van der Waals surface area contributed by atoms with Crippen LogP contribution in [0.5, 0.6) is 0 Å². The summed E-state index contributed by atoms with van der Waals surface area (Å²) in [5.74, 6) is 5.39. The number of ether oxygens (including phenoxy) is 1. The zero-order valence-corrected chi connectivity index (χ0v) is 16.8. The van der Waals surface area contributed by atoms with Crippen molar-refractivity contribution in [3.05, 3.63) is 11.6 Å². The third kappa shape index (κ3) is 1.90. The van der Waals surface area contributed by atoms with Crippen LogP contribution in [-0.2, 0) is 9.53 Å². The van der Waals surface area contributed by atoms with Crippen LogP contribution in [0.25, 0.3) is 0 Å². The number of hydrogen-bond donors (Lipinski definition) is 1. The zero-order chi connectivity index (χ0) is 18.6. The highest BCUT2D eigenvalue weighted by Gasteiger charge is 2.79. The monoisotopic (exact) mass is 367 g/mol. The van der Waals surface area contributed by atoms with E-state index in [1.54, 1.807) is 5.57 Å². The highest BCUT2D eigenvalue weighted by Crippen LogP contribution is 2.79. The van der Waals surface area contributed by atoms with Crippen molar-refractivity contribution in [2.24, 2.45) is 46.8 Å². The third-order valence-electron chi connectivity index (χ3n) is 10.1. The molecule has 3 heteroatoms. The Bertz CT molecular complexity index is 755. The molecule has 5 fully saturated rings. The number of rotatable bonds is 1. The molecule has 0 aromatic carbocycles. The van der Waals surface area contributed by atoms with Crippen molar-refractivity contribution >= 4 is 11.7 Å². The molecule has 4 saturated carbocycles. The van der Waals surface area contributed by atoms with E-state index in [0.29, 0.717) is 18.3 Å². The number of carbonyl (C=O) groups is 1. The van der Waals surface area contributed by atoms with E-state index in [2.05, 4.69) is 19.9 Å². The van der Waals surface area contributed by atoms with Gasteiger partial charge in [-0.3, -0.25) is 4.79 Å². The molecule has 1 heterocycles. The number of esters is 1. The molecule has 0 aromatic rings. The van der Waals surface area contributed by atoms with Crippen molar-refractivity contribution in [3.63, 3.8) is 0 Å². The normalized spacial score (nSPS) is 55.3. The van der Waals surface area contributed by atoms with Crippen molar-refractivity contribution in [1.29, 1.82) is 5.41 Å². The molecule has 6 aliphatic rings. The fourth-order valence-electron chi connectivity index (χ4n) is 9.39. The maximum absolute atomic E-state index is 12.2. The van der Waals surface area contributed by atoms with Gasteiger partial charge >= 0.3 is 5.97 Å². The van der Waals surface area contributed by atoms with E-state index in [1.165, 1.54) is 38.5 Å². The molecule has 1 saturated heterocycles. The number of fused-ring (bicyclic) bond motifs is 9. The predicted molar refractivity (Wildman–Crippen MR) is 104 cm³/mol. The summed E-state index contributed by atoms with van der Waals surface area (Å²) < 4.78 is 6.28. The molecule has 1 aliphatic heterocycles. The minimum atomic E-state index is -0.107. The first-order valence-corrected chi connectivity index (χ1v) is 11.5. The van der Waals surface area contributed by atoms with E-state index >= 15 is 0 Å². The van der Waals surface area contributed by atoms with Crippen LogP contribution in [0, 0.1) is 52.2 Å². The number of nitrogens with one attached hydrogen (secondary N) is 1. The topological polar surface area (TPSA) is 50.2 Å². The van der Waals surface area contributed by atoms with E-state index < -0.39 is 0 Å². The highest BCUT2D eigenvalue weighted by molar-refractivity contribution is 5.93. The smallest absolute Gasteiger partial charge is 0.306 e. The van der Waals surface area contributed by atoms with Crippen molar-refractivity contribution in [2.45, 2.75) is 77.2 Å². The van der Waals surface area contributed by atoms with Gasteiger partial charge in [-0.1, -0.05) is 19.4 Å². The summed E-state index contributed by atoms with van der Waals surface area (Å²) in [5.41, 5.74) is 2.59. The van der Waals surface area contributed by atoms with Gasteiger partial charge in [-0.15, -0.1) is 0 Å². The van der Waals surface area contributed by atoms with Crippen molar-refractivity contribution in [2.75, 3.05) is 0 Å². The second kappa shape index (κ2) is 5.27. The second-order valence-electron chi connectivity index (χ2n) is 10.8. The van der Waals surface area contributed by atoms with Gasteiger partial charge in [0.2, 0.25) is 0 Å². The Morgan fingerprint density at radius 3 is 2.81 bits per heavy atom. The minimum Gasteiger partial charge on any atom is -0.458 e. The number of hydrogen-bond acceptors (Lipinski definition) is 3. The Hall–Kier alpha value is -1.12. The molecule has 0 amide bonds. The van der Waals surface area contributed by atoms with Crippen LogP contribution >= 0.6 is 0 Å². The molecule has 3 nitrogen and oxygen atoms in total. The molecular weight excluding hydrogens is 334 g/mol. The van der Waals surface area contributed by atoms with Crippen LogP contribution in [0.2, 0.25) is 0 Å². The van der Waals surface area contributed by atoms with Crippen molar-refractivity contribution < 1.29 is 9.53 Å². The molecule has 1 N–H and O–H groups in total. The first kappa shape index (κ1) is 16.8. The maximum atomic E-state index is 12.2. The standard InChI is InChI=1S/C24H33NO2/c1-3-23-8-6-17-16-5-4-15(25)11-14(16)10-13(2)21(17)22(23)18-12-19(18)24(23)9-7-20(26)27-24/h11,13,16-19,21-22,25H,3-10,12H2,1-2H3/t13?,16-,17?,18?,19?,21?,22?,23-,24-/m0/s1. The molecule has 6 rings (SSSR count). The number of carbonyl (C=O) groups excluding carboxylic acids is 1. The molecule has 9 atom stereocenters. The van der Waals surface area contributed by atoms with Gasteiger partial charge in [0.15, 0.2) is 0 Å². The van der Waals surface area contributed by atoms with Crippen LogP contribution in [-0.4, -0.2) is 17.3 Å². The summed E-state index contributed by atoms with van der Waals surface area (Å²) in [4.78, 5) is 12.2. The molecule has 0 bridgehead atoms. The van der Waals surface area contributed by atoms with Crippen LogP contribution in [0.1, 0.15) is 71.6 Å². The van der Waals surface area contributed by atoms with Gasteiger partial charge in [0.25, 0.3) is 0 Å². The molecule has 27 heavy (non-hydrogen) atoms. The lowest BCUT2D eigenvalue weighted by atomic mass is 9.46. The summed E-state index contributed by atoms with van der Waals surface area (Å²) in [5, 5.41) is 8.13. The van der Waals surface area contributed by atoms with Gasteiger partial charge in [-0.2, -0.15) is 0 Å². The van der Waals surface area contributed by atoms with E-state index in [4.69, 9.17) is 10.1 Å². The largest absolute Gasteiger partial charge is 0.458 e. The van der Waals surface area contributed by atoms with Gasteiger partial charge in [-0.05, 0) is 93.0 Å². The SMILES string of the molecule is CC[C@]12CCC3C(C(C)CC4=CC(=N)CC[C@@H]43)C1C1CC1[C@@]21CCC(=O)O1. The molecule has 0 radical (unpaired) electrons.